The van der Waals surface area contributed by atoms with Crippen molar-refractivity contribution < 1.29 is 9.53 Å². The number of carbonyl (C=O) groups excluding carboxylic acids is 1. The molecule has 1 aromatic heterocycles. The molecule has 0 aliphatic heterocycles. The minimum Gasteiger partial charge on any atom is -0.494 e. The SMILES string of the molecule is CCOc1ccc(-n2ccnc(SCC(=O)c3ccc(C)cc3)c2=O)cc1. The van der Waals surface area contributed by atoms with Crippen molar-refractivity contribution in [3.05, 3.63) is 82.4 Å². The van der Waals surface area contributed by atoms with E-state index in [9.17, 15) is 9.59 Å². The third kappa shape index (κ3) is 4.65. The predicted molar refractivity (Wildman–Crippen MR) is 107 cm³/mol. The Labute approximate surface area is 162 Å². The molecule has 0 bridgehead atoms. The fourth-order valence-electron chi connectivity index (χ4n) is 2.52. The first-order chi connectivity index (χ1) is 13.1. The van der Waals surface area contributed by atoms with Gasteiger partial charge in [0.05, 0.1) is 12.4 Å². The van der Waals surface area contributed by atoms with Gasteiger partial charge in [-0.05, 0) is 38.1 Å². The summed E-state index contributed by atoms with van der Waals surface area (Å²) in [6.45, 7) is 4.48. The molecule has 0 atom stereocenters. The Morgan fingerprint density at radius 3 is 2.48 bits per heavy atom. The van der Waals surface area contributed by atoms with E-state index in [-0.39, 0.29) is 17.1 Å². The van der Waals surface area contributed by atoms with Crippen LogP contribution in [0.25, 0.3) is 5.69 Å². The Morgan fingerprint density at radius 1 is 1.11 bits per heavy atom. The van der Waals surface area contributed by atoms with E-state index in [1.54, 1.807) is 24.5 Å². The van der Waals surface area contributed by atoms with Gasteiger partial charge >= 0.3 is 0 Å². The van der Waals surface area contributed by atoms with Crippen LogP contribution in [-0.2, 0) is 0 Å². The van der Waals surface area contributed by atoms with Crippen LogP contribution in [0.4, 0.5) is 0 Å². The molecule has 0 unspecified atom stereocenters. The van der Waals surface area contributed by atoms with Gasteiger partial charge in [0.15, 0.2) is 10.8 Å². The molecule has 6 heteroatoms. The third-order valence-electron chi connectivity index (χ3n) is 3.95. The van der Waals surface area contributed by atoms with Crippen molar-refractivity contribution in [2.75, 3.05) is 12.4 Å². The molecule has 0 N–H and O–H groups in total. The summed E-state index contributed by atoms with van der Waals surface area (Å²) in [5.41, 5.74) is 2.21. The highest BCUT2D eigenvalue weighted by Crippen LogP contribution is 2.17. The molecular weight excluding hydrogens is 360 g/mol. The molecule has 1 heterocycles. The van der Waals surface area contributed by atoms with E-state index in [4.69, 9.17) is 4.74 Å². The summed E-state index contributed by atoms with van der Waals surface area (Å²) >= 11 is 1.16. The molecule has 0 fully saturated rings. The average molecular weight is 380 g/mol. The van der Waals surface area contributed by atoms with Gasteiger partial charge in [0.2, 0.25) is 0 Å². The lowest BCUT2D eigenvalue weighted by Gasteiger charge is -2.09. The lowest BCUT2D eigenvalue weighted by Crippen LogP contribution is -2.21. The number of aryl methyl sites for hydroxylation is 1. The highest BCUT2D eigenvalue weighted by molar-refractivity contribution is 7.99. The Kier molecular flexibility index (Phi) is 6.08. The van der Waals surface area contributed by atoms with Crippen LogP contribution in [0.2, 0.25) is 0 Å². The first-order valence-electron chi connectivity index (χ1n) is 8.62. The lowest BCUT2D eigenvalue weighted by atomic mass is 10.1. The topological polar surface area (TPSA) is 61.2 Å². The number of thioether (sulfide) groups is 1. The molecule has 0 amide bonds. The molecule has 5 nitrogen and oxygen atoms in total. The van der Waals surface area contributed by atoms with Crippen molar-refractivity contribution in [2.24, 2.45) is 0 Å². The van der Waals surface area contributed by atoms with Gasteiger partial charge in [-0.25, -0.2) is 4.98 Å². The average Bonchev–Trinajstić information content (AvgIpc) is 2.68. The number of aromatic nitrogens is 2. The molecule has 0 spiro atoms. The van der Waals surface area contributed by atoms with Gasteiger partial charge in [0, 0.05) is 23.6 Å². The van der Waals surface area contributed by atoms with Gasteiger partial charge in [-0.15, -0.1) is 0 Å². The fraction of sp³-hybridized carbons (Fsp3) is 0.190. The van der Waals surface area contributed by atoms with Crippen LogP contribution in [0.3, 0.4) is 0 Å². The predicted octanol–water partition coefficient (Wildman–Crippen LogP) is 3.91. The maximum Gasteiger partial charge on any atom is 0.287 e. The second-order valence-corrected chi connectivity index (χ2v) is 6.88. The molecule has 3 aromatic rings. The molecule has 0 saturated carbocycles. The summed E-state index contributed by atoms with van der Waals surface area (Å²) in [4.78, 5) is 29.2. The molecule has 0 radical (unpaired) electrons. The smallest absolute Gasteiger partial charge is 0.287 e. The van der Waals surface area contributed by atoms with E-state index < -0.39 is 0 Å². The second kappa shape index (κ2) is 8.68. The van der Waals surface area contributed by atoms with Gasteiger partial charge in [0.1, 0.15) is 5.75 Å². The van der Waals surface area contributed by atoms with E-state index >= 15 is 0 Å². The van der Waals surface area contributed by atoms with Crippen LogP contribution in [0, 0.1) is 6.92 Å². The van der Waals surface area contributed by atoms with Crippen LogP contribution in [0.1, 0.15) is 22.8 Å². The number of ketones is 1. The number of benzene rings is 2. The van der Waals surface area contributed by atoms with Crippen molar-refractivity contribution in [3.63, 3.8) is 0 Å². The zero-order valence-corrected chi connectivity index (χ0v) is 16.0. The molecule has 0 aliphatic rings. The Bertz CT molecular complexity index is 980. The summed E-state index contributed by atoms with van der Waals surface area (Å²) < 4.78 is 6.94. The van der Waals surface area contributed by atoms with E-state index in [0.29, 0.717) is 17.2 Å². The standard InChI is InChI=1S/C21H20N2O3S/c1-3-26-18-10-8-17(9-11-18)23-13-12-22-20(21(23)25)27-14-19(24)16-6-4-15(2)5-7-16/h4-13H,3,14H2,1-2H3. The maximum atomic E-state index is 12.7. The molecule has 2 aromatic carbocycles. The highest BCUT2D eigenvalue weighted by Gasteiger charge is 2.11. The Hall–Kier alpha value is -2.86. The number of rotatable bonds is 7. The van der Waals surface area contributed by atoms with Crippen molar-refractivity contribution in [2.45, 2.75) is 18.9 Å². The van der Waals surface area contributed by atoms with E-state index in [1.165, 1.54) is 4.57 Å². The van der Waals surface area contributed by atoms with E-state index in [1.807, 2.05) is 50.2 Å². The van der Waals surface area contributed by atoms with Crippen molar-refractivity contribution in [1.82, 2.24) is 9.55 Å². The zero-order chi connectivity index (χ0) is 19.2. The Balaban J connectivity index is 1.75. The highest BCUT2D eigenvalue weighted by atomic mass is 32.2. The van der Waals surface area contributed by atoms with Crippen LogP contribution in [0.5, 0.6) is 5.75 Å². The minimum absolute atomic E-state index is 0.0299. The quantitative estimate of drug-likeness (QED) is 0.459. The monoisotopic (exact) mass is 380 g/mol. The molecule has 0 saturated heterocycles. The summed E-state index contributed by atoms with van der Waals surface area (Å²) in [5, 5.41) is 0.298. The number of nitrogens with zero attached hydrogens (tertiary/aromatic N) is 2. The molecule has 138 valence electrons. The number of carbonyl (C=O) groups is 1. The number of hydrogen-bond acceptors (Lipinski definition) is 5. The molecular formula is C21H20N2O3S. The Morgan fingerprint density at radius 2 is 1.81 bits per heavy atom. The van der Waals surface area contributed by atoms with Crippen molar-refractivity contribution >= 4 is 17.5 Å². The fourth-order valence-corrected chi connectivity index (χ4v) is 3.31. The first-order valence-corrected chi connectivity index (χ1v) is 9.60. The zero-order valence-electron chi connectivity index (χ0n) is 15.2. The van der Waals surface area contributed by atoms with Gasteiger partial charge < -0.3 is 4.74 Å². The summed E-state index contributed by atoms with van der Waals surface area (Å²) in [6, 6.07) is 14.7. The number of ether oxygens (including phenoxy) is 1. The van der Waals surface area contributed by atoms with Gasteiger partial charge in [0.25, 0.3) is 5.56 Å². The van der Waals surface area contributed by atoms with E-state index in [2.05, 4.69) is 4.98 Å². The first kappa shape index (κ1) is 18.9. The summed E-state index contributed by atoms with van der Waals surface area (Å²) in [5.74, 6) is 0.887. The van der Waals surface area contributed by atoms with E-state index in [0.717, 1.165) is 28.8 Å². The third-order valence-corrected chi connectivity index (χ3v) is 4.91. The second-order valence-electron chi connectivity index (χ2n) is 5.91. The van der Waals surface area contributed by atoms with Gasteiger partial charge in [-0.2, -0.15) is 0 Å². The lowest BCUT2D eigenvalue weighted by molar-refractivity contribution is 0.102. The van der Waals surface area contributed by atoms with Crippen molar-refractivity contribution in [1.29, 1.82) is 0 Å². The van der Waals surface area contributed by atoms with Gasteiger partial charge in [-0.3, -0.25) is 14.2 Å². The molecule has 0 aliphatic carbocycles. The normalized spacial score (nSPS) is 10.6. The largest absolute Gasteiger partial charge is 0.494 e. The molecule has 27 heavy (non-hydrogen) atoms. The van der Waals surface area contributed by atoms with Gasteiger partial charge in [-0.1, -0.05) is 41.6 Å². The van der Waals surface area contributed by atoms with Crippen LogP contribution in [-0.4, -0.2) is 27.7 Å². The number of hydrogen-bond donors (Lipinski definition) is 0. The summed E-state index contributed by atoms with van der Waals surface area (Å²) in [7, 11) is 0. The van der Waals surface area contributed by atoms with Crippen LogP contribution >= 0.6 is 11.8 Å². The molecule has 3 rings (SSSR count). The summed E-state index contributed by atoms with van der Waals surface area (Å²) in [6.07, 6.45) is 3.18. The van der Waals surface area contributed by atoms with Crippen LogP contribution < -0.4 is 10.3 Å². The van der Waals surface area contributed by atoms with Crippen molar-refractivity contribution in [3.8, 4) is 11.4 Å². The van der Waals surface area contributed by atoms with Crippen LogP contribution in [0.15, 0.2) is 70.7 Å². The maximum absolute atomic E-state index is 12.7. The number of Topliss-reactive ketones (excluding diaryl/α,β-unsaturated/α-hetero) is 1. The minimum atomic E-state index is -0.247.